The van der Waals surface area contributed by atoms with Crippen molar-refractivity contribution in [1.29, 1.82) is 0 Å². The van der Waals surface area contributed by atoms with E-state index in [-0.39, 0.29) is 73.9 Å². The van der Waals surface area contributed by atoms with E-state index < -0.39 is 77.8 Å². The minimum absolute atomic E-state index is 0.00546. The zero-order chi connectivity index (χ0) is 57.1. The lowest BCUT2D eigenvalue weighted by Crippen LogP contribution is -2.61. The molecule has 4 aliphatic heterocycles. The van der Waals surface area contributed by atoms with E-state index in [0.717, 1.165) is 64.0 Å². The number of hydrogen-bond acceptors (Lipinski definition) is 16. The lowest BCUT2D eigenvalue weighted by Gasteiger charge is -2.43. The first kappa shape index (κ1) is 65.3. The molecule has 1 aliphatic carbocycles. The highest BCUT2D eigenvalue weighted by atomic mass is 16.6. The molecule has 2 bridgehead atoms. The average Bonchev–Trinajstić information content (AvgIpc) is 3.46. The Balaban J connectivity index is 1.41. The number of piperazine rings is 1. The quantitative estimate of drug-likeness (QED) is 0.0791. The smallest absolute Gasteiger partial charge is 0.329 e. The van der Waals surface area contributed by atoms with Crippen molar-refractivity contribution >= 4 is 29.2 Å². The number of ether oxygens (including phenoxy) is 7. The molecule has 3 saturated heterocycles. The van der Waals surface area contributed by atoms with Crippen LogP contribution >= 0.6 is 0 Å². The van der Waals surface area contributed by atoms with Crippen LogP contribution in [0.25, 0.3) is 0 Å². The van der Waals surface area contributed by atoms with Gasteiger partial charge in [-0.05, 0) is 120 Å². The van der Waals surface area contributed by atoms with Gasteiger partial charge in [-0.1, -0.05) is 71.1 Å². The number of amides is 1. The van der Waals surface area contributed by atoms with E-state index in [2.05, 4.69) is 16.8 Å². The summed E-state index contributed by atoms with van der Waals surface area (Å²) in [6, 6.07) is -1.14. The Morgan fingerprint density at radius 3 is 2.24 bits per heavy atom. The Morgan fingerprint density at radius 1 is 0.795 bits per heavy atom. The van der Waals surface area contributed by atoms with Crippen LogP contribution in [0.3, 0.4) is 0 Å². The molecule has 0 radical (unpaired) electrons. The van der Waals surface area contributed by atoms with Crippen LogP contribution in [0.2, 0.25) is 0 Å². The van der Waals surface area contributed by atoms with Gasteiger partial charge in [-0.3, -0.25) is 19.2 Å². The first-order valence-corrected chi connectivity index (χ1v) is 29.3. The summed E-state index contributed by atoms with van der Waals surface area (Å²) in [5.41, 5.74) is 1.27. The lowest BCUT2D eigenvalue weighted by molar-refractivity contribution is -0.266. The molecule has 5 aliphatic rings. The predicted octanol–water partition coefficient (Wildman–Crippen LogP) is 6.86. The molecule has 1 saturated carbocycles. The molecule has 17 heteroatoms. The summed E-state index contributed by atoms with van der Waals surface area (Å²) >= 11 is 0. The van der Waals surface area contributed by atoms with Crippen LogP contribution in [-0.2, 0) is 57.1 Å². The van der Waals surface area contributed by atoms with Gasteiger partial charge in [0.25, 0.3) is 11.7 Å². The molecule has 15 atom stereocenters. The van der Waals surface area contributed by atoms with Crippen molar-refractivity contribution in [2.75, 3.05) is 87.5 Å². The molecular formula is C61H99N3O14. The Labute approximate surface area is 466 Å². The van der Waals surface area contributed by atoms with Gasteiger partial charge in [0, 0.05) is 97.8 Å². The molecule has 17 nitrogen and oxygen atoms in total. The number of hydrogen-bond donors (Lipinski definition) is 2. The molecule has 2 N–H and O–H groups in total. The van der Waals surface area contributed by atoms with E-state index in [1.54, 1.807) is 41.1 Å². The summed E-state index contributed by atoms with van der Waals surface area (Å²) < 4.78 is 42.4. The average molecular weight is 1100 g/mol. The highest BCUT2D eigenvalue weighted by Crippen LogP contribution is 2.38. The summed E-state index contributed by atoms with van der Waals surface area (Å²) in [4.78, 5) is 78.0. The molecule has 442 valence electrons. The van der Waals surface area contributed by atoms with Crippen molar-refractivity contribution in [1.82, 2.24) is 14.7 Å². The fourth-order valence-electron chi connectivity index (χ4n) is 12.1. The van der Waals surface area contributed by atoms with Crippen molar-refractivity contribution in [3.63, 3.8) is 0 Å². The summed E-state index contributed by atoms with van der Waals surface area (Å²) in [5, 5.41) is 23.8. The molecule has 2 unspecified atom stereocenters. The van der Waals surface area contributed by atoms with Gasteiger partial charge >= 0.3 is 5.97 Å². The number of esters is 1. The third-order valence-corrected chi connectivity index (χ3v) is 17.3. The van der Waals surface area contributed by atoms with Crippen LogP contribution in [0.15, 0.2) is 47.6 Å². The normalized spacial score (nSPS) is 36.3. The van der Waals surface area contributed by atoms with Crippen LogP contribution in [0.1, 0.15) is 132 Å². The Bertz CT molecular complexity index is 2050. The number of Topliss-reactive ketones (excluding diaryl/α,β-unsaturated/α-hetero) is 3. The van der Waals surface area contributed by atoms with E-state index in [4.69, 9.17) is 33.2 Å². The van der Waals surface area contributed by atoms with Crippen molar-refractivity contribution in [2.24, 2.45) is 35.5 Å². The van der Waals surface area contributed by atoms with Crippen LogP contribution in [-0.4, -0.2) is 196 Å². The van der Waals surface area contributed by atoms with Gasteiger partial charge in [0.15, 0.2) is 5.78 Å². The highest BCUT2D eigenvalue weighted by Gasteiger charge is 2.53. The molecule has 0 aromatic rings. The van der Waals surface area contributed by atoms with E-state index in [0.29, 0.717) is 57.3 Å². The van der Waals surface area contributed by atoms with Gasteiger partial charge in [-0.25, -0.2) is 4.79 Å². The largest absolute Gasteiger partial charge is 0.460 e. The van der Waals surface area contributed by atoms with Crippen molar-refractivity contribution in [3.8, 4) is 0 Å². The maximum Gasteiger partial charge on any atom is 0.329 e. The van der Waals surface area contributed by atoms with Gasteiger partial charge in [-0.15, -0.1) is 0 Å². The minimum Gasteiger partial charge on any atom is -0.460 e. The first-order valence-electron chi connectivity index (χ1n) is 29.3. The monoisotopic (exact) mass is 1100 g/mol. The number of allylic oxidation sites excluding steroid dienone is 6. The third kappa shape index (κ3) is 18.8. The Kier molecular flexibility index (Phi) is 27.0. The number of likely N-dealkylation sites (N-methyl/N-ethyl adjacent to an activating group) is 1. The minimum atomic E-state index is -2.46. The molecule has 0 aromatic heterocycles. The van der Waals surface area contributed by atoms with Crippen LogP contribution in [0.4, 0.5) is 0 Å². The van der Waals surface area contributed by atoms with Crippen LogP contribution in [0.5, 0.6) is 0 Å². The molecule has 4 fully saturated rings. The maximum atomic E-state index is 14.7. The number of fused-ring (bicyclic) bond motifs is 3. The Hall–Kier alpha value is -3.49. The van der Waals surface area contributed by atoms with Crippen molar-refractivity contribution in [2.45, 2.75) is 186 Å². The standard InChI is InChI=1S/C61H99N3O14/c1-40-18-13-12-14-19-41(2)52(76-33-32-72-9)38-48-23-21-46(7)61(71,78-48)58(68)59(69)64-26-16-15-20-49(64)60(70)77-53(39-50(65)42(3)35-45(6)56(67)57(74-11)55(66)44(5)34-40)43(4)36-47-22-24-51(54(37-47)73-10)75-31-17-25-63-29-27-62(8)28-30-63/h12-14,18-19,35,40,42-44,46-49,51-54,56-57,67,71H,15-17,20-34,36-39H2,1-11H3/b14-12?,18-13+,41-19?,45-35+/t40-,42-,43-,44-,46-,47+,48+,49?,51-,52?,53+,54-,56-,57+,61-/m1/s1. The summed E-state index contributed by atoms with van der Waals surface area (Å²) in [6.45, 7) is 19.5. The number of aliphatic hydroxyl groups excluding tert-OH is 1. The number of carbonyl (C=O) groups excluding carboxylic acids is 5. The molecule has 1 amide bonds. The second-order valence-electron chi connectivity index (χ2n) is 23.6. The fourth-order valence-corrected chi connectivity index (χ4v) is 12.1. The molecule has 5 rings (SSSR count). The van der Waals surface area contributed by atoms with Gasteiger partial charge in [0.1, 0.15) is 30.1 Å². The number of piperidine rings is 1. The second kappa shape index (κ2) is 32.2. The summed E-state index contributed by atoms with van der Waals surface area (Å²) in [5.74, 6) is -7.89. The number of aliphatic hydroxyl groups is 2. The topological polar surface area (TPSA) is 200 Å². The van der Waals surface area contributed by atoms with Crippen LogP contribution < -0.4 is 0 Å². The number of nitrogens with zero attached hydrogens (tertiary/aromatic N) is 3. The van der Waals surface area contributed by atoms with E-state index in [1.807, 2.05) is 58.1 Å². The molecular weight excluding hydrogens is 999 g/mol. The number of methoxy groups -OCH3 is 3. The fraction of sp³-hybridized carbons (Fsp3) is 0.787. The van der Waals surface area contributed by atoms with E-state index in [9.17, 15) is 34.2 Å². The van der Waals surface area contributed by atoms with Crippen molar-refractivity contribution < 1.29 is 67.3 Å². The maximum absolute atomic E-state index is 14.7. The zero-order valence-electron chi connectivity index (χ0n) is 49.2. The molecule has 78 heavy (non-hydrogen) atoms. The first-order chi connectivity index (χ1) is 37.2. The zero-order valence-corrected chi connectivity index (χ0v) is 49.2. The van der Waals surface area contributed by atoms with Crippen LogP contribution in [0, 0.1) is 35.5 Å². The molecule has 0 aromatic carbocycles. The molecule has 0 spiro atoms. The van der Waals surface area contributed by atoms with Gasteiger partial charge < -0.3 is 58.1 Å². The van der Waals surface area contributed by atoms with Gasteiger partial charge in [0.2, 0.25) is 5.79 Å². The lowest BCUT2D eigenvalue weighted by atomic mass is 9.78. The third-order valence-electron chi connectivity index (χ3n) is 17.3. The Morgan fingerprint density at radius 2 is 1.54 bits per heavy atom. The number of rotatable bonds is 14. The highest BCUT2D eigenvalue weighted by molar-refractivity contribution is 6.39. The van der Waals surface area contributed by atoms with E-state index >= 15 is 0 Å². The van der Waals surface area contributed by atoms with Crippen molar-refractivity contribution in [3.05, 3.63) is 47.6 Å². The SMILES string of the molecule is COCCOC1C[C@@H]2CC[C@@H](C)[C@@](O)(O2)C(=O)C(=O)N2CCCCC2C(=O)O[C@H]([C@H](C)C[C@@H]2CC[C@@H](OCCCN3CCN(C)CC3)[C@H](OC)C2)CC(=O)[C@H](C)/C=C(\C)[C@@H](O)[C@@H](OC)C(=O)[C@H](C)C[C@H](C)/C=C/C=CC=C1C. The van der Waals surface area contributed by atoms with E-state index in [1.165, 1.54) is 12.0 Å². The molecule has 4 heterocycles. The summed E-state index contributed by atoms with van der Waals surface area (Å²) in [6.07, 6.45) is 13.4. The van der Waals surface area contributed by atoms with Gasteiger partial charge in [-0.2, -0.15) is 0 Å². The van der Waals surface area contributed by atoms with Gasteiger partial charge in [0.05, 0.1) is 37.6 Å². The second-order valence-corrected chi connectivity index (χ2v) is 23.6. The number of cyclic esters (lactones) is 1. The summed E-state index contributed by atoms with van der Waals surface area (Å²) in [7, 11) is 6.85. The predicted molar refractivity (Wildman–Crippen MR) is 298 cm³/mol. The number of carbonyl (C=O) groups is 5. The number of ketones is 3.